The Balaban J connectivity index is 0.000000106. The Hall–Kier alpha value is -17.7. The molecule has 9 heterocycles. The van der Waals surface area contributed by atoms with Crippen LogP contribution in [0.5, 0.6) is 0 Å². The number of hydrogen-bond acceptors (Lipinski definition) is 6. The average Bonchev–Trinajstić information content (AvgIpc) is 1.57. The fourth-order valence-electron chi connectivity index (χ4n) is 19.5. The molecule has 9 aromatic heterocycles. The number of para-hydroxylation sites is 9. The van der Waals surface area contributed by atoms with Crippen LogP contribution < -0.4 is 0 Å². The summed E-state index contributed by atoms with van der Waals surface area (Å²) >= 11 is 0. The number of benzene rings is 18. The molecule has 0 atom stereocenters. The molecule has 12 nitrogen and oxygen atoms in total. The molecule has 0 fully saturated rings. The molecule has 608 valence electrons. The van der Waals surface area contributed by atoms with Crippen molar-refractivity contribution in [3.8, 4) is 90.9 Å². The smallest absolute Gasteiger partial charge is 0.235 e. The monoisotopic (exact) mass is 1660 g/mol. The maximum atomic E-state index is 5.48. The predicted octanol–water partition coefficient (Wildman–Crippen LogP) is 29.5. The largest absolute Gasteiger partial charge is 0.316 e. The molecule has 0 aliphatic heterocycles. The maximum absolute atomic E-state index is 5.48. The van der Waals surface area contributed by atoms with Gasteiger partial charge in [0.05, 0.1) is 83.3 Å². The van der Waals surface area contributed by atoms with E-state index in [0.717, 1.165) is 139 Å². The van der Waals surface area contributed by atoms with Crippen molar-refractivity contribution < 1.29 is 0 Å². The van der Waals surface area contributed by atoms with Crippen LogP contribution in [0.2, 0.25) is 0 Å². The van der Waals surface area contributed by atoms with Crippen LogP contribution in [0.15, 0.2) is 461 Å². The first-order valence-corrected chi connectivity index (χ1v) is 43.9. The van der Waals surface area contributed by atoms with Gasteiger partial charge in [0.1, 0.15) is 0 Å². The van der Waals surface area contributed by atoms with E-state index >= 15 is 0 Å². The van der Waals surface area contributed by atoms with Gasteiger partial charge in [0.2, 0.25) is 17.8 Å². The fourth-order valence-corrected chi connectivity index (χ4v) is 19.5. The highest BCUT2D eigenvalue weighted by atomic mass is 15.2. The molecule has 0 aliphatic carbocycles. The molecule has 0 saturated heterocycles. The number of rotatable bonds is 11. The van der Waals surface area contributed by atoms with Gasteiger partial charge in [0.25, 0.3) is 0 Å². The molecule has 0 unspecified atom stereocenters. The number of nitrogens with zero attached hydrogens (tertiary/aromatic N) is 12. The lowest BCUT2D eigenvalue weighted by molar-refractivity contribution is 1.01. The second-order valence-corrected chi connectivity index (χ2v) is 32.9. The molecule has 0 saturated carbocycles. The molecule has 0 bridgehead atoms. The Morgan fingerprint density at radius 2 is 0.446 bits per heavy atom. The Labute approximate surface area is 746 Å². The van der Waals surface area contributed by atoms with Crippen LogP contribution in [0, 0.1) is 0 Å². The van der Waals surface area contributed by atoms with Gasteiger partial charge in [-0.15, -0.1) is 0 Å². The van der Waals surface area contributed by atoms with E-state index in [-0.39, 0.29) is 0 Å². The Morgan fingerprint density at radius 3 is 0.823 bits per heavy atom. The van der Waals surface area contributed by atoms with Crippen LogP contribution in [-0.2, 0) is 0 Å². The second kappa shape index (κ2) is 31.2. The maximum Gasteiger partial charge on any atom is 0.235 e. The fraction of sp³-hybridized carbons (Fsp3) is 0. The average molecular weight is 1660 g/mol. The topological polar surface area (TPSA) is 107 Å². The quantitative estimate of drug-likeness (QED) is 0.128. The van der Waals surface area contributed by atoms with Crippen LogP contribution in [-0.4, -0.2) is 57.3 Å². The van der Waals surface area contributed by atoms with E-state index < -0.39 is 0 Å². The Bertz CT molecular complexity index is 9050. The van der Waals surface area contributed by atoms with Gasteiger partial charge in [-0.05, 0) is 166 Å². The van der Waals surface area contributed by atoms with Crippen molar-refractivity contribution in [2.24, 2.45) is 0 Å². The predicted molar refractivity (Wildman–Crippen MR) is 537 cm³/mol. The summed E-state index contributed by atoms with van der Waals surface area (Å²) < 4.78 is 13.5. The highest BCUT2D eigenvalue weighted by molar-refractivity contribution is 6.24. The van der Waals surface area contributed by atoms with E-state index in [1.54, 1.807) is 0 Å². The first-order valence-electron chi connectivity index (χ1n) is 43.9. The van der Waals surface area contributed by atoms with Crippen LogP contribution in [0.1, 0.15) is 0 Å². The molecular formula is C118H76N12. The van der Waals surface area contributed by atoms with Crippen LogP contribution in [0.3, 0.4) is 0 Å². The lowest BCUT2D eigenvalue weighted by atomic mass is 9.94. The first kappa shape index (κ1) is 74.8. The minimum Gasteiger partial charge on any atom is -0.316 e. The van der Waals surface area contributed by atoms with Gasteiger partial charge in [-0.1, -0.05) is 309 Å². The lowest BCUT2D eigenvalue weighted by Gasteiger charge is -2.14. The third-order valence-corrected chi connectivity index (χ3v) is 25.4. The molecule has 0 spiro atoms. The zero-order valence-electron chi connectivity index (χ0n) is 70.2. The summed E-state index contributed by atoms with van der Waals surface area (Å²) in [6.45, 7) is 0. The van der Waals surface area contributed by atoms with E-state index in [1.807, 2.05) is 24.3 Å². The van der Waals surface area contributed by atoms with Crippen molar-refractivity contribution in [3.63, 3.8) is 0 Å². The standard InChI is InChI=1S/C46H30N4.C38H24N4.C34H22N4/c1-4-14-31(15-5-1)34-28-35(32-16-6-2-7-17-32)30-36(29-34)44-38-20-10-12-22-40(38)47-46(48-44)50-41-23-13-11-21-39(41)43-42(50)25-24-33-26-27-49(45(33)43)37-18-8-3-9-19-37;1-2-12-29(13-3-1)41-23-22-26-20-21-34-35(37(26)41)31-15-7-9-17-33(31)42(34)38-39-32-16-8-6-14-30(32)36(40-38)28-19-18-25-10-4-5-11-27(25)24-28;1-3-11-23(12-4-1)32-26-15-7-9-17-28(26)35-34(36-32)38-29-18-10-8-16-27(29)31-30(38)20-19-24-21-22-37(33(24)31)25-13-5-2-6-14-25/h1-30H;1-24H;1-22H. The minimum absolute atomic E-state index is 0.647. The zero-order valence-corrected chi connectivity index (χ0v) is 70.2. The van der Waals surface area contributed by atoms with Gasteiger partial charge < -0.3 is 13.7 Å². The molecule has 27 rings (SSSR count). The Kier molecular flexibility index (Phi) is 18.0. The van der Waals surface area contributed by atoms with E-state index in [4.69, 9.17) is 29.9 Å². The van der Waals surface area contributed by atoms with Gasteiger partial charge >= 0.3 is 0 Å². The van der Waals surface area contributed by atoms with Crippen LogP contribution in [0.25, 0.3) is 233 Å². The first-order chi connectivity index (χ1) is 64.5. The van der Waals surface area contributed by atoms with Crippen molar-refractivity contribution in [1.82, 2.24) is 57.3 Å². The summed E-state index contributed by atoms with van der Waals surface area (Å²) in [6, 6.07) is 155. The second-order valence-electron chi connectivity index (χ2n) is 32.9. The van der Waals surface area contributed by atoms with Gasteiger partial charge in [0.15, 0.2) is 0 Å². The summed E-state index contributed by atoms with van der Waals surface area (Å²) in [5.74, 6) is 1.99. The summed E-state index contributed by atoms with van der Waals surface area (Å²) in [7, 11) is 0. The van der Waals surface area contributed by atoms with Gasteiger partial charge in [-0.25, -0.2) is 29.9 Å². The molecule has 0 aliphatic rings. The van der Waals surface area contributed by atoms with E-state index in [0.29, 0.717) is 17.8 Å². The van der Waals surface area contributed by atoms with Crippen LogP contribution >= 0.6 is 0 Å². The van der Waals surface area contributed by atoms with E-state index in [9.17, 15) is 0 Å². The lowest BCUT2D eigenvalue weighted by Crippen LogP contribution is -2.03. The summed E-state index contributed by atoms with van der Waals surface area (Å²) in [4.78, 5) is 31.5. The molecule has 18 aromatic carbocycles. The van der Waals surface area contributed by atoms with Crippen molar-refractivity contribution >= 4 is 142 Å². The number of hydrogen-bond donors (Lipinski definition) is 0. The zero-order chi connectivity index (χ0) is 85.7. The van der Waals surface area contributed by atoms with Crippen molar-refractivity contribution in [1.29, 1.82) is 0 Å². The third-order valence-electron chi connectivity index (χ3n) is 25.4. The molecule has 0 N–H and O–H groups in total. The molecule has 130 heavy (non-hydrogen) atoms. The highest BCUT2D eigenvalue weighted by Gasteiger charge is 2.26. The molecular weight excluding hydrogens is 1590 g/mol. The Morgan fingerprint density at radius 1 is 0.162 bits per heavy atom. The normalized spacial score (nSPS) is 11.7. The minimum atomic E-state index is 0.647. The van der Waals surface area contributed by atoms with Crippen molar-refractivity contribution in [2.45, 2.75) is 0 Å². The SMILES string of the molecule is c1ccc(-c2cc(-c3ccccc3)cc(-c3nc(-n4c5ccccc5c5c6c(ccc54)ccn6-c4ccccc4)nc4ccccc34)c2)cc1.c1ccc(-c2nc(-n3c4ccccc4c4c5c(ccc43)ccn5-c3ccccc3)nc3ccccc23)cc1.c1ccc(-n2ccc3ccc4c(c5ccccc5n4-c4nc(-c5ccc6ccccc6c5)c5ccccc5n4)c32)cc1. The summed E-state index contributed by atoms with van der Waals surface area (Å²) in [6.07, 6.45) is 6.49. The van der Waals surface area contributed by atoms with E-state index in [1.165, 1.54) is 75.8 Å². The molecule has 0 amide bonds. The van der Waals surface area contributed by atoms with Gasteiger partial charge in [0, 0.05) is 117 Å². The van der Waals surface area contributed by atoms with Crippen molar-refractivity contribution in [2.75, 3.05) is 0 Å². The van der Waals surface area contributed by atoms with Gasteiger partial charge in [-0.2, -0.15) is 0 Å². The summed E-state index contributed by atoms with van der Waals surface area (Å²) in [5, 5.41) is 16.2. The number of fused-ring (bicyclic) bond motifs is 19. The number of aromatic nitrogens is 12. The summed E-state index contributed by atoms with van der Waals surface area (Å²) in [5.41, 5.74) is 26.8. The molecule has 0 radical (unpaired) electrons. The molecule has 27 aromatic rings. The third kappa shape index (κ3) is 12.7. The van der Waals surface area contributed by atoms with E-state index in [2.05, 4.69) is 465 Å². The van der Waals surface area contributed by atoms with Crippen LogP contribution in [0.4, 0.5) is 0 Å². The van der Waals surface area contributed by atoms with Crippen molar-refractivity contribution in [3.05, 3.63) is 461 Å². The van der Waals surface area contributed by atoms with Gasteiger partial charge in [-0.3, -0.25) is 13.7 Å². The molecule has 12 heteroatoms. The highest BCUT2D eigenvalue weighted by Crippen LogP contribution is 2.45.